The zero-order chi connectivity index (χ0) is 19.4. The summed E-state index contributed by atoms with van der Waals surface area (Å²) in [5.41, 5.74) is 5.46. The number of benzene rings is 2. The summed E-state index contributed by atoms with van der Waals surface area (Å²) in [6.07, 6.45) is 1.81. The maximum absolute atomic E-state index is 12.9. The third kappa shape index (κ3) is 4.26. The van der Waals surface area contributed by atoms with Crippen molar-refractivity contribution in [1.29, 1.82) is 0 Å². The van der Waals surface area contributed by atoms with Crippen molar-refractivity contribution in [2.75, 3.05) is 13.6 Å². The fourth-order valence-electron chi connectivity index (χ4n) is 2.97. The van der Waals surface area contributed by atoms with Crippen molar-refractivity contribution in [2.45, 2.75) is 26.8 Å². The first kappa shape index (κ1) is 18.9. The molecule has 0 radical (unpaired) electrons. The molecule has 0 aliphatic rings. The lowest BCUT2D eigenvalue weighted by molar-refractivity contribution is 0.0951. The molecule has 0 spiro atoms. The molecule has 5 heteroatoms. The summed E-state index contributed by atoms with van der Waals surface area (Å²) in [4.78, 5) is 12.9. The first-order valence-electron chi connectivity index (χ1n) is 9.17. The Morgan fingerprint density at radius 1 is 1.15 bits per heavy atom. The van der Waals surface area contributed by atoms with E-state index in [1.807, 2.05) is 56.6 Å². The quantitative estimate of drug-likeness (QED) is 0.706. The van der Waals surface area contributed by atoms with Crippen LogP contribution in [-0.2, 0) is 0 Å². The number of likely N-dealkylation sites (N-methyl/N-ethyl adjacent to an activating group) is 1. The second-order valence-corrected chi connectivity index (χ2v) is 6.89. The Kier molecular flexibility index (Phi) is 5.72. The average Bonchev–Trinajstić information content (AvgIpc) is 3.11. The minimum absolute atomic E-state index is 0.116. The maximum atomic E-state index is 12.9. The molecule has 0 fully saturated rings. The molecule has 1 unspecified atom stereocenters. The predicted molar refractivity (Wildman–Crippen MR) is 109 cm³/mol. The number of hydrogen-bond acceptors (Lipinski definition) is 3. The highest BCUT2D eigenvalue weighted by Gasteiger charge is 2.20. The molecule has 0 aliphatic carbocycles. The zero-order valence-electron chi connectivity index (χ0n) is 16.3. The van der Waals surface area contributed by atoms with E-state index in [1.165, 1.54) is 5.56 Å². The van der Waals surface area contributed by atoms with Gasteiger partial charge in [-0.15, -0.1) is 0 Å². The largest absolute Gasteiger partial charge is 0.350 e. The van der Waals surface area contributed by atoms with Crippen LogP contribution < -0.4 is 10.6 Å². The Bertz CT molecular complexity index is 931. The molecule has 1 atom stereocenters. The van der Waals surface area contributed by atoms with Crippen LogP contribution in [0.25, 0.3) is 16.9 Å². The lowest BCUT2D eigenvalue weighted by atomic mass is 10.0. The second kappa shape index (κ2) is 8.18. The zero-order valence-corrected chi connectivity index (χ0v) is 16.3. The maximum Gasteiger partial charge on any atom is 0.255 e. The molecule has 140 valence electrons. The van der Waals surface area contributed by atoms with Crippen molar-refractivity contribution in [3.05, 3.63) is 71.4 Å². The number of aromatic nitrogens is 2. The lowest BCUT2D eigenvalue weighted by Crippen LogP contribution is -2.37. The molecule has 0 saturated heterocycles. The number of carbonyl (C=O) groups is 1. The van der Waals surface area contributed by atoms with Crippen LogP contribution in [0.1, 0.15) is 28.4 Å². The van der Waals surface area contributed by atoms with E-state index in [2.05, 4.69) is 36.6 Å². The van der Waals surface area contributed by atoms with Crippen molar-refractivity contribution in [3.63, 3.8) is 0 Å². The highest BCUT2D eigenvalue weighted by Crippen LogP contribution is 2.27. The molecule has 5 nitrogen and oxygen atoms in total. The highest BCUT2D eigenvalue weighted by atomic mass is 16.1. The molecule has 27 heavy (non-hydrogen) atoms. The molecule has 2 aromatic carbocycles. The summed E-state index contributed by atoms with van der Waals surface area (Å²) in [5.74, 6) is -0.116. The first-order valence-corrected chi connectivity index (χ1v) is 9.17. The third-order valence-electron chi connectivity index (χ3n) is 4.68. The minimum atomic E-state index is -0.116. The van der Waals surface area contributed by atoms with Crippen LogP contribution in [0.4, 0.5) is 0 Å². The number of nitrogens with one attached hydrogen (secondary N) is 2. The summed E-state index contributed by atoms with van der Waals surface area (Å²) < 4.78 is 1.77. The van der Waals surface area contributed by atoms with E-state index in [0.717, 1.165) is 16.8 Å². The van der Waals surface area contributed by atoms with Crippen LogP contribution in [-0.4, -0.2) is 35.3 Å². The Morgan fingerprint density at radius 3 is 2.56 bits per heavy atom. The molecule has 3 rings (SSSR count). The van der Waals surface area contributed by atoms with Crippen LogP contribution in [0, 0.1) is 13.8 Å². The minimum Gasteiger partial charge on any atom is -0.350 e. The van der Waals surface area contributed by atoms with Gasteiger partial charge in [0.1, 0.15) is 5.69 Å². The smallest absolute Gasteiger partial charge is 0.255 e. The summed E-state index contributed by atoms with van der Waals surface area (Å²) in [6.45, 7) is 6.69. The van der Waals surface area contributed by atoms with E-state index in [9.17, 15) is 4.79 Å². The van der Waals surface area contributed by atoms with Gasteiger partial charge in [0, 0.05) is 24.3 Å². The standard InChI is InChI=1S/C22H26N4O/c1-15-10-11-19(16(2)12-15)21-20(22(27)24-13-17(3)23-4)14-26(25-21)18-8-6-5-7-9-18/h5-12,14,17,23H,13H2,1-4H3,(H,24,27). The topological polar surface area (TPSA) is 58.9 Å². The lowest BCUT2D eigenvalue weighted by Gasteiger charge is -2.12. The van der Waals surface area contributed by atoms with E-state index in [-0.39, 0.29) is 11.9 Å². The molecule has 3 aromatic rings. The van der Waals surface area contributed by atoms with Crippen molar-refractivity contribution in [2.24, 2.45) is 0 Å². The van der Waals surface area contributed by atoms with E-state index in [0.29, 0.717) is 17.8 Å². The number of amides is 1. The van der Waals surface area contributed by atoms with Gasteiger partial charge in [0.25, 0.3) is 5.91 Å². The number of para-hydroxylation sites is 1. The van der Waals surface area contributed by atoms with Gasteiger partial charge in [0.05, 0.1) is 11.3 Å². The van der Waals surface area contributed by atoms with Gasteiger partial charge in [-0.1, -0.05) is 42.0 Å². The normalized spacial score (nSPS) is 12.0. The highest BCUT2D eigenvalue weighted by molar-refractivity contribution is 6.00. The van der Waals surface area contributed by atoms with Crippen molar-refractivity contribution in [1.82, 2.24) is 20.4 Å². The van der Waals surface area contributed by atoms with Crippen LogP contribution in [0.5, 0.6) is 0 Å². The summed E-state index contributed by atoms with van der Waals surface area (Å²) in [6, 6.07) is 16.2. The molecule has 0 bridgehead atoms. The SMILES string of the molecule is CNC(C)CNC(=O)c1cn(-c2ccccc2)nc1-c1ccc(C)cc1C. The van der Waals surface area contributed by atoms with Crippen molar-refractivity contribution < 1.29 is 4.79 Å². The molecule has 1 amide bonds. The van der Waals surface area contributed by atoms with Crippen LogP contribution in [0.15, 0.2) is 54.7 Å². The summed E-state index contributed by atoms with van der Waals surface area (Å²) in [7, 11) is 1.88. The van der Waals surface area contributed by atoms with Crippen molar-refractivity contribution >= 4 is 5.91 Å². The summed E-state index contributed by atoms with van der Waals surface area (Å²) in [5, 5.41) is 10.9. The van der Waals surface area contributed by atoms with Crippen LogP contribution in [0.2, 0.25) is 0 Å². The molecule has 0 saturated carbocycles. The van der Waals surface area contributed by atoms with Gasteiger partial charge in [-0.05, 0) is 45.5 Å². The number of rotatable bonds is 6. The molecular weight excluding hydrogens is 336 g/mol. The summed E-state index contributed by atoms with van der Waals surface area (Å²) >= 11 is 0. The Balaban J connectivity index is 2.04. The molecule has 0 aliphatic heterocycles. The third-order valence-corrected chi connectivity index (χ3v) is 4.68. The molecular formula is C22H26N4O. The van der Waals surface area contributed by atoms with Gasteiger partial charge < -0.3 is 10.6 Å². The van der Waals surface area contributed by atoms with E-state index in [4.69, 9.17) is 5.10 Å². The fourth-order valence-corrected chi connectivity index (χ4v) is 2.97. The monoisotopic (exact) mass is 362 g/mol. The van der Waals surface area contributed by atoms with Crippen molar-refractivity contribution in [3.8, 4) is 16.9 Å². The number of hydrogen-bond donors (Lipinski definition) is 2. The predicted octanol–water partition coefficient (Wildman–Crippen LogP) is 3.49. The van der Waals surface area contributed by atoms with E-state index >= 15 is 0 Å². The Labute approximate surface area is 160 Å². The number of nitrogens with zero attached hydrogens (tertiary/aromatic N) is 2. The van der Waals surface area contributed by atoms with Gasteiger partial charge in [-0.3, -0.25) is 4.79 Å². The fraction of sp³-hybridized carbons (Fsp3) is 0.273. The number of carbonyl (C=O) groups excluding carboxylic acids is 1. The van der Waals surface area contributed by atoms with Crippen LogP contribution in [0.3, 0.4) is 0 Å². The molecule has 2 N–H and O–H groups in total. The number of aryl methyl sites for hydroxylation is 2. The van der Waals surface area contributed by atoms with Gasteiger partial charge in [0.2, 0.25) is 0 Å². The second-order valence-electron chi connectivity index (χ2n) is 6.89. The Hall–Kier alpha value is -2.92. The first-order chi connectivity index (χ1) is 13.0. The van der Waals surface area contributed by atoms with Gasteiger partial charge >= 0.3 is 0 Å². The van der Waals surface area contributed by atoms with Gasteiger partial charge in [-0.25, -0.2) is 4.68 Å². The van der Waals surface area contributed by atoms with E-state index in [1.54, 1.807) is 4.68 Å². The molecule has 1 heterocycles. The molecule has 1 aromatic heterocycles. The average molecular weight is 362 g/mol. The van der Waals surface area contributed by atoms with Crippen LogP contribution >= 0.6 is 0 Å². The van der Waals surface area contributed by atoms with Gasteiger partial charge in [-0.2, -0.15) is 5.10 Å². The Morgan fingerprint density at radius 2 is 1.89 bits per heavy atom. The van der Waals surface area contributed by atoms with Gasteiger partial charge in [0.15, 0.2) is 0 Å². The van der Waals surface area contributed by atoms with E-state index < -0.39 is 0 Å².